The fraction of sp³-hybridized carbons (Fsp3) is 0.481. The minimum atomic E-state index is -0.469. The van der Waals surface area contributed by atoms with Crippen molar-refractivity contribution in [2.24, 2.45) is 5.41 Å². The lowest BCUT2D eigenvalue weighted by atomic mass is 9.78. The van der Waals surface area contributed by atoms with Crippen molar-refractivity contribution in [3.8, 4) is 11.5 Å². The summed E-state index contributed by atoms with van der Waals surface area (Å²) in [7, 11) is 6.20. The van der Waals surface area contributed by atoms with Crippen LogP contribution in [0.15, 0.2) is 36.4 Å². The van der Waals surface area contributed by atoms with Gasteiger partial charge in [0, 0.05) is 40.0 Å². The number of methoxy groups -OCH3 is 2. The lowest BCUT2D eigenvalue weighted by Gasteiger charge is -2.32. The molecule has 1 fully saturated rings. The molecule has 2 amide bonds. The SMILES string of the molecule is COc1ccc(CN(C)C(=O)CC2(CC(=O)N(C)Cc3ccc(OC)c(F)c3)CCCC2)cc1F. The van der Waals surface area contributed by atoms with E-state index in [1.165, 1.54) is 26.4 Å². The molecule has 0 saturated heterocycles. The third kappa shape index (κ3) is 6.71. The summed E-state index contributed by atoms with van der Waals surface area (Å²) >= 11 is 0. The molecule has 0 heterocycles. The van der Waals surface area contributed by atoms with E-state index < -0.39 is 17.0 Å². The first-order valence-corrected chi connectivity index (χ1v) is 11.8. The molecule has 8 heteroatoms. The Labute approximate surface area is 205 Å². The largest absolute Gasteiger partial charge is 0.494 e. The summed E-state index contributed by atoms with van der Waals surface area (Å²) in [5, 5.41) is 0. The molecule has 1 aliphatic carbocycles. The van der Waals surface area contributed by atoms with Gasteiger partial charge in [-0.05, 0) is 53.6 Å². The van der Waals surface area contributed by atoms with E-state index in [-0.39, 0.29) is 49.2 Å². The maximum Gasteiger partial charge on any atom is 0.223 e. The highest BCUT2D eigenvalue weighted by atomic mass is 19.1. The average molecular weight is 489 g/mol. The van der Waals surface area contributed by atoms with E-state index in [0.717, 1.165) is 25.7 Å². The number of ether oxygens (including phenoxy) is 2. The molecule has 0 bridgehead atoms. The molecule has 0 atom stereocenters. The van der Waals surface area contributed by atoms with E-state index in [2.05, 4.69) is 0 Å². The van der Waals surface area contributed by atoms with Crippen LogP contribution in [0.25, 0.3) is 0 Å². The number of hydrogen-bond donors (Lipinski definition) is 0. The normalized spacial score (nSPS) is 14.5. The molecule has 0 radical (unpaired) electrons. The molecule has 1 saturated carbocycles. The summed E-state index contributed by atoms with van der Waals surface area (Å²) in [6.45, 7) is 0.541. The quantitative estimate of drug-likeness (QED) is 0.475. The van der Waals surface area contributed by atoms with Crippen LogP contribution in [0.5, 0.6) is 11.5 Å². The topological polar surface area (TPSA) is 59.1 Å². The van der Waals surface area contributed by atoms with Gasteiger partial charge in [0.15, 0.2) is 23.1 Å². The average Bonchev–Trinajstić information content (AvgIpc) is 3.27. The molecule has 0 spiro atoms. The number of rotatable bonds is 10. The third-order valence-electron chi connectivity index (χ3n) is 6.84. The number of amides is 2. The second kappa shape index (κ2) is 11.5. The summed E-state index contributed by atoms with van der Waals surface area (Å²) < 4.78 is 38.0. The van der Waals surface area contributed by atoms with Gasteiger partial charge in [0.1, 0.15) is 0 Å². The van der Waals surface area contributed by atoms with Gasteiger partial charge >= 0.3 is 0 Å². The number of benzene rings is 2. The molecule has 0 N–H and O–H groups in total. The molecule has 2 aromatic carbocycles. The molecular formula is C27H34F2N2O4. The Morgan fingerprint density at radius 2 is 1.20 bits per heavy atom. The number of carbonyl (C=O) groups is 2. The molecule has 0 aromatic heterocycles. The van der Waals surface area contributed by atoms with Crippen LogP contribution in [-0.2, 0) is 22.7 Å². The minimum Gasteiger partial charge on any atom is -0.494 e. The highest BCUT2D eigenvalue weighted by Crippen LogP contribution is 2.45. The van der Waals surface area contributed by atoms with Crippen LogP contribution in [0.3, 0.4) is 0 Å². The molecular weight excluding hydrogens is 454 g/mol. The number of carbonyl (C=O) groups excluding carboxylic acids is 2. The zero-order chi connectivity index (χ0) is 25.6. The first-order valence-electron chi connectivity index (χ1n) is 11.8. The third-order valence-corrected chi connectivity index (χ3v) is 6.84. The predicted octanol–water partition coefficient (Wildman–Crippen LogP) is 4.94. The number of halogens is 2. The van der Waals surface area contributed by atoms with Crippen LogP contribution < -0.4 is 9.47 Å². The monoisotopic (exact) mass is 488 g/mol. The summed E-state index contributed by atoms with van der Waals surface area (Å²) in [5.41, 5.74) is 0.941. The van der Waals surface area contributed by atoms with E-state index in [1.54, 1.807) is 48.2 Å². The van der Waals surface area contributed by atoms with E-state index in [9.17, 15) is 18.4 Å². The van der Waals surface area contributed by atoms with E-state index in [4.69, 9.17) is 9.47 Å². The first kappa shape index (κ1) is 26.4. The van der Waals surface area contributed by atoms with Gasteiger partial charge in [-0.2, -0.15) is 0 Å². The second-order valence-electron chi connectivity index (χ2n) is 9.50. The Hall–Kier alpha value is -3.16. The number of nitrogens with zero attached hydrogens (tertiary/aromatic N) is 2. The van der Waals surface area contributed by atoms with Crippen molar-refractivity contribution in [3.63, 3.8) is 0 Å². The first-order chi connectivity index (χ1) is 16.7. The lowest BCUT2D eigenvalue weighted by molar-refractivity contribution is -0.136. The predicted molar refractivity (Wildman–Crippen MR) is 129 cm³/mol. The zero-order valence-corrected chi connectivity index (χ0v) is 20.9. The summed E-state index contributed by atoms with van der Waals surface area (Å²) in [5.74, 6) is -0.765. The van der Waals surface area contributed by atoms with Crippen molar-refractivity contribution >= 4 is 11.8 Å². The van der Waals surface area contributed by atoms with E-state index in [0.29, 0.717) is 11.1 Å². The van der Waals surface area contributed by atoms with Gasteiger partial charge in [-0.1, -0.05) is 25.0 Å². The van der Waals surface area contributed by atoms with Gasteiger partial charge in [0.25, 0.3) is 0 Å². The fourth-order valence-electron chi connectivity index (χ4n) is 4.79. The molecule has 6 nitrogen and oxygen atoms in total. The summed E-state index contributed by atoms with van der Waals surface area (Å²) in [6, 6.07) is 9.30. The Kier molecular flexibility index (Phi) is 8.70. The van der Waals surface area contributed by atoms with E-state index >= 15 is 0 Å². The van der Waals surface area contributed by atoms with Crippen molar-refractivity contribution < 1.29 is 27.8 Å². The number of hydrogen-bond acceptors (Lipinski definition) is 4. The van der Waals surface area contributed by atoms with Gasteiger partial charge in [-0.3, -0.25) is 9.59 Å². The van der Waals surface area contributed by atoms with Crippen LogP contribution in [0, 0.1) is 17.0 Å². The van der Waals surface area contributed by atoms with Crippen molar-refractivity contribution in [1.82, 2.24) is 9.80 Å². The lowest BCUT2D eigenvalue weighted by Crippen LogP contribution is -2.36. The van der Waals surface area contributed by atoms with E-state index in [1.807, 2.05) is 0 Å². The molecule has 3 rings (SSSR count). The van der Waals surface area contributed by atoms with Crippen LogP contribution in [0.4, 0.5) is 8.78 Å². The van der Waals surface area contributed by atoms with Crippen molar-refractivity contribution in [2.45, 2.75) is 51.6 Å². The minimum absolute atomic E-state index is 0.0733. The van der Waals surface area contributed by atoms with Crippen molar-refractivity contribution in [1.29, 1.82) is 0 Å². The van der Waals surface area contributed by atoms with Gasteiger partial charge < -0.3 is 19.3 Å². The summed E-state index contributed by atoms with van der Waals surface area (Å²) in [4.78, 5) is 29.3. The van der Waals surface area contributed by atoms with Gasteiger partial charge in [0.05, 0.1) is 14.2 Å². The van der Waals surface area contributed by atoms with Crippen molar-refractivity contribution in [3.05, 3.63) is 59.2 Å². The maximum atomic E-state index is 14.0. The Morgan fingerprint density at radius 3 is 1.54 bits per heavy atom. The van der Waals surface area contributed by atoms with Crippen LogP contribution >= 0.6 is 0 Å². The molecule has 0 aliphatic heterocycles. The van der Waals surface area contributed by atoms with Gasteiger partial charge in [-0.15, -0.1) is 0 Å². The molecule has 2 aromatic rings. The van der Waals surface area contributed by atoms with Crippen LogP contribution in [-0.4, -0.2) is 49.9 Å². The molecule has 0 unspecified atom stereocenters. The standard InChI is InChI=1S/C27H34F2N2O4/c1-30(17-19-7-9-23(34-3)21(28)13-19)25(32)15-27(11-5-6-12-27)16-26(33)31(2)18-20-8-10-24(35-4)22(29)14-20/h7-10,13-14H,5-6,11-12,15-18H2,1-4H3. The maximum absolute atomic E-state index is 14.0. The smallest absolute Gasteiger partial charge is 0.223 e. The Morgan fingerprint density at radius 1 is 0.800 bits per heavy atom. The molecule has 1 aliphatic rings. The van der Waals surface area contributed by atoms with Gasteiger partial charge in [0.2, 0.25) is 11.8 Å². The Balaban J connectivity index is 1.62. The summed E-state index contributed by atoms with van der Waals surface area (Å²) in [6.07, 6.45) is 4.08. The van der Waals surface area contributed by atoms with Crippen molar-refractivity contribution in [2.75, 3.05) is 28.3 Å². The highest BCUT2D eigenvalue weighted by molar-refractivity contribution is 5.80. The molecule has 35 heavy (non-hydrogen) atoms. The second-order valence-corrected chi connectivity index (χ2v) is 9.50. The zero-order valence-electron chi connectivity index (χ0n) is 20.9. The fourth-order valence-corrected chi connectivity index (χ4v) is 4.79. The Bertz CT molecular complexity index is 976. The molecule has 190 valence electrons. The van der Waals surface area contributed by atoms with Crippen LogP contribution in [0.2, 0.25) is 0 Å². The van der Waals surface area contributed by atoms with Crippen LogP contribution in [0.1, 0.15) is 49.7 Å². The highest BCUT2D eigenvalue weighted by Gasteiger charge is 2.39. The van der Waals surface area contributed by atoms with Gasteiger partial charge in [-0.25, -0.2) is 8.78 Å².